The molecule has 0 amide bonds. The van der Waals surface area contributed by atoms with Crippen molar-refractivity contribution in [1.29, 1.82) is 0 Å². The molecule has 5 aromatic carbocycles. The van der Waals surface area contributed by atoms with Gasteiger partial charge in [0.2, 0.25) is 0 Å². The van der Waals surface area contributed by atoms with Gasteiger partial charge in [-0.1, -0.05) is 113 Å². The number of aryl methyl sites for hydroxylation is 2. The maximum Gasteiger partial charge on any atom is 0.318 e. The predicted molar refractivity (Wildman–Crippen MR) is 248 cm³/mol. The Bertz CT molecular complexity index is 2270. The van der Waals surface area contributed by atoms with Crippen LogP contribution in [0.4, 0.5) is 0 Å². The van der Waals surface area contributed by atoms with Gasteiger partial charge in [0.1, 0.15) is 34.2 Å². The third-order valence-corrected chi connectivity index (χ3v) is 12.9. The Labute approximate surface area is 366 Å². The third kappa shape index (κ3) is 10.2. The van der Waals surface area contributed by atoms with Crippen molar-refractivity contribution in [1.82, 2.24) is 0 Å². The molecule has 0 spiro atoms. The molecule has 0 saturated heterocycles. The third-order valence-electron chi connectivity index (χ3n) is 12.9. The van der Waals surface area contributed by atoms with Crippen LogP contribution in [0.5, 0.6) is 23.0 Å². The summed E-state index contributed by atoms with van der Waals surface area (Å²) in [6, 6.07) is 38.8. The van der Waals surface area contributed by atoms with Crippen molar-refractivity contribution in [2.24, 2.45) is 11.3 Å². The summed E-state index contributed by atoms with van der Waals surface area (Å²) in [5.74, 6) is 1.48. The van der Waals surface area contributed by atoms with Crippen LogP contribution >= 0.6 is 0 Å². The molecule has 0 heterocycles. The zero-order valence-corrected chi connectivity index (χ0v) is 39.1. The van der Waals surface area contributed by atoms with E-state index in [9.17, 15) is 9.59 Å². The minimum Gasteiger partial charge on any atom is -0.488 e. The van der Waals surface area contributed by atoms with Crippen LogP contribution in [0.3, 0.4) is 0 Å². The zero-order valence-electron chi connectivity index (χ0n) is 39.1. The summed E-state index contributed by atoms with van der Waals surface area (Å²) in [5.41, 5.74) is 5.10. The van der Waals surface area contributed by atoms with Gasteiger partial charge in [-0.2, -0.15) is 0 Å². The van der Waals surface area contributed by atoms with E-state index < -0.39 is 22.3 Å². The van der Waals surface area contributed by atoms with Crippen molar-refractivity contribution in [3.05, 3.63) is 154 Å². The largest absolute Gasteiger partial charge is 0.488 e. The van der Waals surface area contributed by atoms with Gasteiger partial charge in [0, 0.05) is 10.8 Å². The fourth-order valence-electron chi connectivity index (χ4n) is 7.83. The minimum atomic E-state index is -0.794. The van der Waals surface area contributed by atoms with Crippen LogP contribution < -0.4 is 18.9 Å². The van der Waals surface area contributed by atoms with Crippen molar-refractivity contribution in [2.45, 2.75) is 138 Å². The van der Waals surface area contributed by atoms with E-state index in [0.717, 1.165) is 45.6 Å². The topological polar surface area (TPSA) is 71.1 Å². The summed E-state index contributed by atoms with van der Waals surface area (Å²) in [7, 11) is 0. The minimum absolute atomic E-state index is 0.232. The van der Waals surface area contributed by atoms with E-state index in [2.05, 4.69) is 117 Å². The number of esters is 2. The predicted octanol–water partition coefficient (Wildman–Crippen LogP) is 13.7. The van der Waals surface area contributed by atoms with Gasteiger partial charge < -0.3 is 18.9 Å². The first-order valence-electron chi connectivity index (χ1n) is 21.9. The quantitative estimate of drug-likeness (QED) is 0.0561. The van der Waals surface area contributed by atoms with E-state index in [1.54, 1.807) is 0 Å². The van der Waals surface area contributed by atoms with E-state index in [0.29, 0.717) is 30.1 Å². The average Bonchev–Trinajstić information content (AvgIpc) is 3.24. The molecule has 0 aliphatic carbocycles. The second-order valence-electron chi connectivity index (χ2n) is 19.0. The normalized spacial score (nSPS) is 13.8. The molecule has 0 aliphatic rings. The molecule has 2 atom stereocenters. The van der Waals surface area contributed by atoms with Gasteiger partial charge in [0.25, 0.3) is 0 Å². The number of carbonyl (C=O) groups excluding carboxylic acids is 2. The summed E-state index contributed by atoms with van der Waals surface area (Å²) >= 11 is 0. The lowest BCUT2D eigenvalue weighted by Crippen LogP contribution is -2.46. The van der Waals surface area contributed by atoms with Gasteiger partial charge in [-0.3, -0.25) is 9.59 Å². The van der Waals surface area contributed by atoms with Crippen LogP contribution in [0, 0.1) is 25.2 Å². The fraction of sp³-hybridized carbons (Fsp3) is 0.418. The van der Waals surface area contributed by atoms with Gasteiger partial charge in [0.05, 0.1) is 11.3 Å². The lowest BCUT2D eigenvalue weighted by Gasteiger charge is -2.37. The molecule has 6 heteroatoms. The molecule has 0 aliphatic heterocycles. The first-order valence-corrected chi connectivity index (χ1v) is 21.9. The van der Waals surface area contributed by atoms with Crippen molar-refractivity contribution in [3.8, 4) is 23.0 Å². The summed E-state index contributed by atoms with van der Waals surface area (Å²) in [6.45, 7) is 28.6. The van der Waals surface area contributed by atoms with E-state index in [1.807, 2.05) is 95.3 Å². The van der Waals surface area contributed by atoms with Crippen LogP contribution in [0.1, 0.15) is 141 Å². The number of hydrogen-bond acceptors (Lipinski definition) is 6. The summed E-state index contributed by atoms with van der Waals surface area (Å²) in [5, 5.41) is 0. The summed E-state index contributed by atoms with van der Waals surface area (Å²) in [4.78, 5) is 26.6. The van der Waals surface area contributed by atoms with E-state index in [-0.39, 0.29) is 23.0 Å². The maximum atomic E-state index is 14.0. The Morgan fingerprint density at radius 3 is 1.44 bits per heavy atom. The van der Waals surface area contributed by atoms with Crippen LogP contribution in [0.15, 0.2) is 115 Å². The van der Waals surface area contributed by atoms with Crippen molar-refractivity contribution >= 4 is 11.9 Å². The molecule has 5 aromatic rings. The number of hydrogen-bond donors (Lipinski definition) is 0. The highest BCUT2D eigenvalue weighted by atomic mass is 16.5. The number of rotatable bonds is 16. The molecule has 0 bridgehead atoms. The number of benzene rings is 5. The molecule has 0 N–H and O–H groups in total. The second kappa shape index (κ2) is 18.3. The Morgan fingerprint density at radius 1 is 0.525 bits per heavy atom. The van der Waals surface area contributed by atoms with Gasteiger partial charge in [-0.25, -0.2) is 0 Å². The number of carbonyl (C=O) groups is 2. The molecule has 6 nitrogen and oxygen atoms in total. The second-order valence-corrected chi connectivity index (χ2v) is 19.0. The maximum absolute atomic E-state index is 14.0. The molecule has 5 rings (SSSR count). The highest BCUT2D eigenvalue weighted by molar-refractivity contribution is 5.78. The van der Waals surface area contributed by atoms with E-state index in [1.165, 1.54) is 5.56 Å². The first kappa shape index (κ1) is 46.7. The summed E-state index contributed by atoms with van der Waals surface area (Å²) < 4.78 is 25.0. The van der Waals surface area contributed by atoms with Crippen LogP contribution in [-0.2, 0) is 20.4 Å². The molecule has 0 aromatic heterocycles. The smallest absolute Gasteiger partial charge is 0.318 e. The fourth-order valence-corrected chi connectivity index (χ4v) is 7.83. The van der Waals surface area contributed by atoms with Gasteiger partial charge in [-0.05, 0) is 157 Å². The van der Waals surface area contributed by atoms with Crippen LogP contribution in [0.2, 0.25) is 0 Å². The van der Waals surface area contributed by atoms with Gasteiger partial charge in [-0.15, -0.1) is 0 Å². The Morgan fingerprint density at radius 2 is 0.984 bits per heavy atom. The van der Waals surface area contributed by atoms with Gasteiger partial charge >= 0.3 is 11.9 Å². The van der Waals surface area contributed by atoms with Crippen LogP contribution in [-0.4, -0.2) is 23.1 Å². The highest BCUT2D eigenvalue weighted by Crippen LogP contribution is 2.42. The van der Waals surface area contributed by atoms with Crippen molar-refractivity contribution in [2.75, 3.05) is 0 Å². The Kier molecular flexibility index (Phi) is 14.0. The molecule has 324 valence electrons. The molecular weight excluding hydrogens is 757 g/mol. The molecule has 2 unspecified atom stereocenters. The molecule has 0 fully saturated rings. The van der Waals surface area contributed by atoms with Crippen molar-refractivity contribution in [3.63, 3.8) is 0 Å². The van der Waals surface area contributed by atoms with Crippen LogP contribution in [0.25, 0.3) is 0 Å². The highest BCUT2D eigenvalue weighted by Gasteiger charge is 2.41. The molecular formula is C55H68O6. The standard InChI is InChI=1S/C55H68O6/c1-15-52(10,11)61-48-34-28-44(36-38(48)5)53(12,13)43-27-33-47(37(4)35-43)59-49(56)39(6)55(16-2,17-3)60-46-31-25-42(26-32-46)54(14,40-21-19-18-20-22-40)41-23-29-45(30-24-41)58-50(57)51(7,8)9/h18-36,39H,15-17H2,1-14H3. The molecule has 0 saturated carbocycles. The van der Waals surface area contributed by atoms with Crippen molar-refractivity contribution < 1.29 is 28.5 Å². The number of ether oxygens (including phenoxy) is 4. The monoisotopic (exact) mass is 825 g/mol. The summed E-state index contributed by atoms with van der Waals surface area (Å²) in [6.07, 6.45) is 2.14. The average molecular weight is 825 g/mol. The lowest BCUT2D eigenvalue weighted by atomic mass is 9.71. The first-order chi connectivity index (χ1) is 28.6. The Balaban J connectivity index is 1.34. The molecule has 61 heavy (non-hydrogen) atoms. The van der Waals surface area contributed by atoms with E-state index in [4.69, 9.17) is 18.9 Å². The Hall–Kier alpha value is -5.36. The zero-order chi connectivity index (χ0) is 45.0. The van der Waals surface area contributed by atoms with Gasteiger partial charge in [0.15, 0.2) is 0 Å². The molecule has 0 radical (unpaired) electrons. The SMILES string of the molecule is CCC(C)(C)Oc1ccc(C(C)(C)c2ccc(OC(=O)C(C)C(CC)(CC)Oc3ccc(C(C)(c4ccccc4)c4ccc(OC(=O)C(C)(C)C)cc4)cc3)c(C)c2)cc1C. The van der Waals surface area contributed by atoms with E-state index >= 15 is 0 Å². The lowest BCUT2D eigenvalue weighted by molar-refractivity contribution is -0.147.